The molecule has 1 aliphatic carbocycles. The number of ketones is 1. The Morgan fingerprint density at radius 1 is 1.33 bits per heavy atom. The summed E-state index contributed by atoms with van der Waals surface area (Å²) < 4.78 is 5.37. The van der Waals surface area contributed by atoms with Crippen molar-refractivity contribution in [3.63, 3.8) is 0 Å². The van der Waals surface area contributed by atoms with E-state index in [-0.39, 0.29) is 12.0 Å². The number of amides is 1. The number of carbonyl (C=O) groups excluding carboxylic acids is 2. The van der Waals surface area contributed by atoms with Crippen LogP contribution >= 0.6 is 0 Å². The van der Waals surface area contributed by atoms with E-state index in [4.69, 9.17) is 4.74 Å². The molecule has 0 unspecified atom stereocenters. The van der Waals surface area contributed by atoms with E-state index in [0.717, 1.165) is 12.8 Å². The highest BCUT2D eigenvalue weighted by Gasteiger charge is 2.38. The van der Waals surface area contributed by atoms with Crippen molar-refractivity contribution in [2.24, 2.45) is 11.8 Å². The predicted molar refractivity (Wildman–Crippen MR) is 68.3 cm³/mol. The van der Waals surface area contributed by atoms with Crippen LogP contribution in [0.1, 0.15) is 46.5 Å². The van der Waals surface area contributed by atoms with Gasteiger partial charge in [-0.25, -0.2) is 4.79 Å². The van der Waals surface area contributed by atoms with Gasteiger partial charge in [0.2, 0.25) is 0 Å². The van der Waals surface area contributed by atoms with E-state index in [1.807, 2.05) is 20.8 Å². The van der Waals surface area contributed by atoms with Crippen LogP contribution in [0.2, 0.25) is 0 Å². The second-order valence-electron chi connectivity index (χ2n) is 6.44. The van der Waals surface area contributed by atoms with Crippen molar-refractivity contribution < 1.29 is 14.3 Å². The summed E-state index contributed by atoms with van der Waals surface area (Å²) in [6.45, 7) is 6.66. The molecule has 0 aromatic heterocycles. The highest BCUT2D eigenvalue weighted by atomic mass is 16.6. The third-order valence-electron chi connectivity index (χ3n) is 3.83. The Morgan fingerprint density at radius 2 is 2.00 bits per heavy atom. The third-order valence-corrected chi connectivity index (χ3v) is 3.83. The summed E-state index contributed by atoms with van der Waals surface area (Å²) in [7, 11) is 0. The van der Waals surface area contributed by atoms with Gasteiger partial charge >= 0.3 is 6.09 Å². The van der Waals surface area contributed by atoms with Crippen molar-refractivity contribution in [3.05, 3.63) is 0 Å². The first-order chi connectivity index (χ1) is 8.37. The molecule has 0 aromatic carbocycles. The summed E-state index contributed by atoms with van der Waals surface area (Å²) in [5.41, 5.74) is -0.468. The maximum atomic E-state index is 12.0. The lowest BCUT2D eigenvalue weighted by Crippen LogP contribution is -2.49. The van der Waals surface area contributed by atoms with Crippen LogP contribution in [0.25, 0.3) is 0 Å². The van der Waals surface area contributed by atoms with Gasteiger partial charge in [-0.15, -0.1) is 0 Å². The summed E-state index contributed by atoms with van der Waals surface area (Å²) in [4.78, 5) is 25.6. The maximum absolute atomic E-state index is 12.0. The number of Topliss-reactive ketones (excluding diaryl/α,β-unsaturated/α-hetero) is 1. The Morgan fingerprint density at radius 3 is 2.50 bits per heavy atom. The predicted octanol–water partition coefficient (Wildman–Crippen LogP) is 2.61. The van der Waals surface area contributed by atoms with Gasteiger partial charge in [0.15, 0.2) is 0 Å². The fourth-order valence-electron chi connectivity index (χ4n) is 2.61. The monoisotopic (exact) mass is 253 g/mol. The Hall–Kier alpha value is -1.06. The van der Waals surface area contributed by atoms with Crippen LogP contribution in [0.3, 0.4) is 0 Å². The van der Waals surface area contributed by atoms with Crippen molar-refractivity contribution in [1.29, 1.82) is 0 Å². The Labute approximate surface area is 109 Å². The molecule has 0 radical (unpaired) electrons. The molecule has 0 bridgehead atoms. The van der Waals surface area contributed by atoms with E-state index >= 15 is 0 Å². The number of hydrogen-bond acceptors (Lipinski definition) is 3. The molecule has 2 rings (SSSR count). The quantitative estimate of drug-likeness (QED) is 0.721. The lowest BCUT2D eigenvalue weighted by Gasteiger charge is -2.39. The van der Waals surface area contributed by atoms with E-state index in [0.29, 0.717) is 31.2 Å². The Kier molecular flexibility index (Phi) is 3.64. The lowest BCUT2D eigenvalue weighted by molar-refractivity contribution is -0.129. The molecule has 1 saturated heterocycles. The molecule has 1 saturated carbocycles. The van der Waals surface area contributed by atoms with E-state index in [1.54, 1.807) is 4.90 Å². The minimum atomic E-state index is -0.468. The molecule has 1 aliphatic heterocycles. The average molecular weight is 253 g/mol. The number of piperidine rings is 1. The van der Waals surface area contributed by atoms with Crippen LogP contribution < -0.4 is 0 Å². The summed E-state index contributed by atoms with van der Waals surface area (Å²) in [5, 5.41) is 0. The van der Waals surface area contributed by atoms with Gasteiger partial charge in [-0.2, -0.15) is 0 Å². The molecular weight excluding hydrogens is 230 g/mol. The van der Waals surface area contributed by atoms with Crippen LogP contribution in [0.4, 0.5) is 4.79 Å². The molecular formula is C14H23NO3. The van der Waals surface area contributed by atoms with Crippen molar-refractivity contribution in [2.75, 3.05) is 13.1 Å². The normalized spacial score (nSPS) is 25.8. The average Bonchev–Trinajstić information content (AvgIpc) is 2.15. The third kappa shape index (κ3) is 3.03. The molecule has 1 amide bonds. The maximum Gasteiger partial charge on any atom is 0.410 e. The molecule has 0 aromatic rings. The first-order valence-electron chi connectivity index (χ1n) is 6.87. The largest absolute Gasteiger partial charge is 0.444 e. The molecule has 1 atom stereocenters. The molecule has 18 heavy (non-hydrogen) atoms. The molecule has 2 aliphatic rings. The highest BCUT2D eigenvalue weighted by Crippen LogP contribution is 2.36. The number of likely N-dealkylation sites (tertiary alicyclic amines) is 1. The summed E-state index contributed by atoms with van der Waals surface area (Å²) in [5.74, 6) is 0.891. The zero-order valence-electron chi connectivity index (χ0n) is 11.6. The van der Waals surface area contributed by atoms with E-state index < -0.39 is 5.60 Å². The first-order valence-corrected chi connectivity index (χ1v) is 6.87. The molecule has 2 fully saturated rings. The Balaban J connectivity index is 1.94. The topological polar surface area (TPSA) is 46.6 Å². The van der Waals surface area contributed by atoms with Crippen LogP contribution in [-0.4, -0.2) is 35.5 Å². The molecule has 1 heterocycles. The first kappa shape index (κ1) is 13.4. The van der Waals surface area contributed by atoms with Gasteiger partial charge < -0.3 is 9.64 Å². The van der Waals surface area contributed by atoms with E-state index in [1.165, 1.54) is 6.42 Å². The van der Waals surface area contributed by atoms with Gasteiger partial charge in [0, 0.05) is 25.4 Å². The van der Waals surface area contributed by atoms with Gasteiger partial charge in [0.25, 0.3) is 0 Å². The smallest absolute Gasteiger partial charge is 0.410 e. The molecule has 0 N–H and O–H groups in total. The van der Waals surface area contributed by atoms with Crippen LogP contribution in [-0.2, 0) is 9.53 Å². The minimum Gasteiger partial charge on any atom is -0.444 e. The number of nitrogens with zero attached hydrogens (tertiary/aromatic N) is 1. The summed E-state index contributed by atoms with van der Waals surface area (Å²) in [6, 6.07) is 0. The van der Waals surface area contributed by atoms with E-state index in [9.17, 15) is 9.59 Å². The molecule has 4 nitrogen and oxygen atoms in total. The minimum absolute atomic E-state index is 0.0556. The van der Waals surface area contributed by atoms with Crippen LogP contribution in [0.15, 0.2) is 0 Å². The van der Waals surface area contributed by atoms with Crippen molar-refractivity contribution in [1.82, 2.24) is 4.90 Å². The summed E-state index contributed by atoms with van der Waals surface area (Å²) >= 11 is 0. The van der Waals surface area contributed by atoms with Gasteiger partial charge in [0.1, 0.15) is 11.4 Å². The van der Waals surface area contributed by atoms with Gasteiger partial charge in [0.05, 0.1) is 0 Å². The summed E-state index contributed by atoms with van der Waals surface area (Å²) in [6.07, 6.45) is 3.71. The van der Waals surface area contributed by atoms with Crippen LogP contribution in [0.5, 0.6) is 0 Å². The molecule has 0 spiro atoms. The number of hydrogen-bond donors (Lipinski definition) is 0. The molecule has 102 valence electrons. The zero-order valence-corrected chi connectivity index (χ0v) is 11.6. The standard InChI is InChI=1S/C14H23NO3/c1-14(2,3)18-13(17)15-8-7-12(16)11(9-15)10-5-4-6-10/h10-11H,4-9H2,1-3H3/t11-/m1/s1. The van der Waals surface area contributed by atoms with Crippen molar-refractivity contribution in [3.8, 4) is 0 Å². The van der Waals surface area contributed by atoms with Gasteiger partial charge in [-0.3, -0.25) is 4.79 Å². The fourth-order valence-corrected chi connectivity index (χ4v) is 2.61. The van der Waals surface area contributed by atoms with Gasteiger partial charge in [-0.1, -0.05) is 6.42 Å². The fraction of sp³-hybridized carbons (Fsp3) is 0.857. The second-order valence-corrected chi connectivity index (χ2v) is 6.44. The Bertz CT molecular complexity index is 341. The van der Waals surface area contributed by atoms with Crippen molar-refractivity contribution in [2.45, 2.75) is 52.1 Å². The van der Waals surface area contributed by atoms with Crippen LogP contribution in [0, 0.1) is 11.8 Å². The van der Waals surface area contributed by atoms with Crippen molar-refractivity contribution >= 4 is 11.9 Å². The zero-order chi connectivity index (χ0) is 13.3. The van der Waals surface area contributed by atoms with E-state index in [2.05, 4.69) is 0 Å². The number of ether oxygens (including phenoxy) is 1. The number of carbonyl (C=O) groups is 2. The van der Waals surface area contributed by atoms with Gasteiger partial charge in [-0.05, 0) is 39.5 Å². The highest BCUT2D eigenvalue weighted by molar-refractivity contribution is 5.84. The second kappa shape index (κ2) is 4.90. The SMILES string of the molecule is CC(C)(C)OC(=O)N1CCC(=O)[C@@H](C2CCC2)C1. The lowest BCUT2D eigenvalue weighted by atomic mass is 9.72. The number of rotatable bonds is 1. The molecule has 4 heteroatoms.